The lowest BCUT2D eigenvalue weighted by molar-refractivity contribution is 1.85. The second kappa shape index (κ2) is 5.96. The van der Waals surface area contributed by atoms with Gasteiger partial charge < -0.3 is 0 Å². The highest BCUT2D eigenvalue weighted by atomic mass is 13.6. The number of allylic oxidation sites excluding steroid dienone is 6. The Hall–Kier alpha value is -1.04. The third kappa shape index (κ3) is 4.96. The lowest BCUT2D eigenvalue weighted by Gasteiger charge is -1.66. The molecule has 0 aliphatic carbocycles. The maximum atomic E-state index is 3.50. The fourth-order valence-corrected chi connectivity index (χ4v) is 0.258. The van der Waals surface area contributed by atoms with Crippen LogP contribution in [0.25, 0.3) is 0 Å². The second-order valence-corrected chi connectivity index (χ2v) is 1.16. The van der Waals surface area contributed by atoms with Crippen LogP contribution in [0, 0.1) is 6.08 Å². The largest absolute Gasteiger partial charge is 0.0991 e. The number of hydrogen-bond acceptors (Lipinski definition) is 0. The smallest absolute Gasteiger partial charge is 0.0190 e. The van der Waals surface area contributed by atoms with E-state index >= 15 is 0 Å². The van der Waals surface area contributed by atoms with Crippen LogP contribution in [0.15, 0.2) is 43.5 Å². The normalized spacial score (nSPS) is 10.5. The van der Waals surface area contributed by atoms with Gasteiger partial charge in [-0.05, 0) is 6.08 Å². The SMILES string of the molecule is C=C/[C]=C\C=C\C=C. The maximum absolute atomic E-state index is 3.50. The lowest BCUT2D eigenvalue weighted by Crippen LogP contribution is -1.46. The summed E-state index contributed by atoms with van der Waals surface area (Å²) in [6.07, 6.45) is 11.5. The average Bonchev–Trinajstić information content (AvgIpc) is 1.81. The first-order chi connectivity index (χ1) is 3.91. The molecule has 0 atom stereocenters. The number of hydrogen-bond donors (Lipinski definition) is 0. The van der Waals surface area contributed by atoms with E-state index in [2.05, 4.69) is 19.2 Å². The van der Waals surface area contributed by atoms with E-state index in [9.17, 15) is 0 Å². The van der Waals surface area contributed by atoms with Crippen LogP contribution in [0.3, 0.4) is 0 Å². The molecular formula is C8H9. The van der Waals surface area contributed by atoms with Crippen LogP contribution >= 0.6 is 0 Å². The predicted octanol–water partition coefficient (Wildman–Crippen LogP) is 2.27. The third-order valence-corrected chi connectivity index (χ3v) is 0.557. The maximum Gasteiger partial charge on any atom is -0.0190 e. The summed E-state index contributed by atoms with van der Waals surface area (Å²) < 4.78 is 0. The Balaban J connectivity index is 3.41. The van der Waals surface area contributed by atoms with E-state index in [1.807, 2.05) is 12.2 Å². The Kier molecular flexibility index (Phi) is 5.19. The molecule has 1 radical (unpaired) electrons. The second-order valence-electron chi connectivity index (χ2n) is 1.16. The first-order valence-corrected chi connectivity index (χ1v) is 2.39. The van der Waals surface area contributed by atoms with Gasteiger partial charge in [0.15, 0.2) is 0 Å². The van der Waals surface area contributed by atoms with Gasteiger partial charge in [-0.15, -0.1) is 0 Å². The molecule has 0 aliphatic heterocycles. The Labute approximate surface area is 50.5 Å². The minimum Gasteiger partial charge on any atom is -0.0991 e. The summed E-state index contributed by atoms with van der Waals surface area (Å²) in [7, 11) is 0. The molecule has 0 aromatic rings. The van der Waals surface area contributed by atoms with E-state index in [4.69, 9.17) is 0 Å². The van der Waals surface area contributed by atoms with Crippen LogP contribution < -0.4 is 0 Å². The van der Waals surface area contributed by atoms with Crippen molar-refractivity contribution in [3.8, 4) is 0 Å². The fourth-order valence-electron chi connectivity index (χ4n) is 0.258. The van der Waals surface area contributed by atoms with E-state index in [-0.39, 0.29) is 0 Å². The summed E-state index contributed by atoms with van der Waals surface area (Å²) in [5.74, 6) is 0. The predicted molar refractivity (Wildman–Crippen MR) is 37.3 cm³/mol. The summed E-state index contributed by atoms with van der Waals surface area (Å²) in [6.45, 7) is 6.95. The van der Waals surface area contributed by atoms with E-state index in [1.165, 1.54) is 0 Å². The van der Waals surface area contributed by atoms with Crippen LogP contribution in [0.5, 0.6) is 0 Å². The van der Waals surface area contributed by atoms with Crippen molar-refractivity contribution >= 4 is 0 Å². The van der Waals surface area contributed by atoms with Crippen molar-refractivity contribution in [3.63, 3.8) is 0 Å². The first kappa shape index (κ1) is 6.96. The minimum absolute atomic E-state index is 1.60. The molecule has 0 heteroatoms. The number of rotatable bonds is 3. The molecule has 0 saturated heterocycles. The Morgan fingerprint density at radius 1 is 1.12 bits per heavy atom. The molecule has 0 aliphatic rings. The molecule has 0 rings (SSSR count). The monoisotopic (exact) mass is 105 g/mol. The van der Waals surface area contributed by atoms with Gasteiger partial charge in [-0.2, -0.15) is 0 Å². The zero-order chi connectivity index (χ0) is 6.24. The topological polar surface area (TPSA) is 0 Å². The molecule has 0 amide bonds. The summed E-state index contributed by atoms with van der Waals surface area (Å²) in [6, 6.07) is 0. The Morgan fingerprint density at radius 3 is 2.38 bits per heavy atom. The molecule has 0 aromatic heterocycles. The quantitative estimate of drug-likeness (QED) is 0.483. The molecule has 0 unspecified atom stereocenters. The molecule has 0 aromatic carbocycles. The average molecular weight is 105 g/mol. The van der Waals surface area contributed by atoms with Crippen molar-refractivity contribution in [2.45, 2.75) is 0 Å². The third-order valence-electron chi connectivity index (χ3n) is 0.557. The van der Waals surface area contributed by atoms with Gasteiger partial charge in [0.2, 0.25) is 0 Å². The van der Waals surface area contributed by atoms with Crippen molar-refractivity contribution in [2.75, 3.05) is 0 Å². The van der Waals surface area contributed by atoms with E-state index in [1.54, 1.807) is 18.2 Å². The van der Waals surface area contributed by atoms with Gasteiger partial charge in [-0.3, -0.25) is 0 Å². The van der Waals surface area contributed by atoms with Crippen molar-refractivity contribution in [1.29, 1.82) is 0 Å². The van der Waals surface area contributed by atoms with E-state index in [0.717, 1.165) is 0 Å². The summed E-state index contributed by atoms with van der Waals surface area (Å²) in [5, 5.41) is 0. The molecule has 0 saturated carbocycles. The zero-order valence-electron chi connectivity index (χ0n) is 4.80. The molecule has 0 spiro atoms. The summed E-state index contributed by atoms with van der Waals surface area (Å²) in [5.41, 5.74) is 0. The van der Waals surface area contributed by atoms with Crippen LogP contribution in [-0.2, 0) is 0 Å². The molecule has 0 heterocycles. The van der Waals surface area contributed by atoms with Crippen molar-refractivity contribution < 1.29 is 0 Å². The highest BCUT2D eigenvalue weighted by Crippen LogP contribution is 1.75. The molecule has 0 N–H and O–H groups in total. The van der Waals surface area contributed by atoms with Crippen molar-refractivity contribution in [2.24, 2.45) is 0 Å². The molecule has 41 valence electrons. The zero-order valence-corrected chi connectivity index (χ0v) is 4.80. The Bertz CT molecular complexity index is 100. The molecule has 0 nitrogen and oxygen atoms in total. The van der Waals surface area contributed by atoms with E-state index in [0.29, 0.717) is 0 Å². The first-order valence-electron chi connectivity index (χ1n) is 2.39. The molecule has 0 fully saturated rings. The fraction of sp³-hybridized carbons (Fsp3) is 0. The summed E-state index contributed by atoms with van der Waals surface area (Å²) >= 11 is 0. The van der Waals surface area contributed by atoms with Gasteiger partial charge in [0, 0.05) is 0 Å². The minimum atomic E-state index is 1.60. The molecule has 0 bridgehead atoms. The van der Waals surface area contributed by atoms with Gasteiger partial charge in [-0.1, -0.05) is 43.5 Å². The molecule has 8 heavy (non-hydrogen) atoms. The van der Waals surface area contributed by atoms with E-state index < -0.39 is 0 Å². The van der Waals surface area contributed by atoms with Gasteiger partial charge in [-0.25, -0.2) is 0 Å². The summed E-state index contributed by atoms with van der Waals surface area (Å²) in [4.78, 5) is 0. The van der Waals surface area contributed by atoms with Crippen LogP contribution in [0.4, 0.5) is 0 Å². The lowest BCUT2D eigenvalue weighted by atomic mass is 10.4. The highest BCUT2D eigenvalue weighted by molar-refractivity contribution is 5.09. The highest BCUT2D eigenvalue weighted by Gasteiger charge is 1.55. The standard InChI is InChI=1S/C8H9/c1-3-5-7-8-6-4-2/h3-5,7-8H,1-2H2/b7-5+,8-6?. The van der Waals surface area contributed by atoms with Gasteiger partial charge in [0.25, 0.3) is 0 Å². The molecular weight excluding hydrogens is 96.1 g/mol. The van der Waals surface area contributed by atoms with Crippen molar-refractivity contribution in [1.82, 2.24) is 0 Å². The Morgan fingerprint density at radius 2 is 1.88 bits per heavy atom. The van der Waals surface area contributed by atoms with Gasteiger partial charge >= 0.3 is 0 Å². The van der Waals surface area contributed by atoms with Crippen LogP contribution in [0.2, 0.25) is 0 Å². The van der Waals surface area contributed by atoms with Gasteiger partial charge in [0.05, 0.1) is 0 Å². The van der Waals surface area contributed by atoms with Crippen molar-refractivity contribution in [3.05, 3.63) is 49.6 Å². The van der Waals surface area contributed by atoms with Crippen LogP contribution in [0.1, 0.15) is 0 Å². The van der Waals surface area contributed by atoms with Crippen LogP contribution in [-0.4, -0.2) is 0 Å². The van der Waals surface area contributed by atoms with Gasteiger partial charge in [0.1, 0.15) is 0 Å².